The van der Waals surface area contributed by atoms with Gasteiger partial charge in [0.25, 0.3) is 0 Å². The van der Waals surface area contributed by atoms with E-state index in [1.807, 2.05) is 0 Å². The summed E-state index contributed by atoms with van der Waals surface area (Å²) in [6.07, 6.45) is -5.61. The molecule has 0 aliphatic heterocycles. The van der Waals surface area contributed by atoms with Crippen LogP contribution in [-0.2, 0) is 10.9 Å². The summed E-state index contributed by atoms with van der Waals surface area (Å²) < 4.78 is 56.9. The summed E-state index contributed by atoms with van der Waals surface area (Å²) in [5.41, 5.74) is -2.57. The number of hydrogen-bond acceptors (Lipinski definition) is 3. The number of alkyl halides is 3. The molecule has 4 nitrogen and oxygen atoms in total. The van der Waals surface area contributed by atoms with Crippen LogP contribution < -0.4 is 5.32 Å². The molecule has 0 saturated carbocycles. The standard InChI is InChI=1S/C17H21F4NO3/c1-10(22-15(24)25-16(2,3)4)5-8-14(23)12-7-6-11(18)9-13(12)17(19,20)21/h6-7,9-10H,5,8H2,1-4H3,(H,22,24)/t10-/m1/s1. The Kier molecular flexibility index (Phi) is 6.56. The Hall–Kier alpha value is -2.12. The summed E-state index contributed by atoms with van der Waals surface area (Å²) in [5.74, 6) is -1.84. The molecule has 8 heteroatoms. The highest BCUT2D eigenvalue weighted by atomic mass is 19.4. The van der Waals surface area contributed by atoms with Gasteiger partial charge in [0.2, 0.25) is 0 Å². The summed E-state index contributed by atoms with van der Waals surface area (Å²) >= 11 is 0. The number of nitrogens with one attached hydrogen (secondary N) is 1. The molecule has 140 valence electrons. The van der Waals surface area contributed by atoms with Crippen molar-refractivity contribution in [3.05, 3.63) is 35.1 Å². The zero-order valence-corrected chi connectivity index (χ0v) is 14.5. The van der Waals surface area contributed by atoms with E-state index in [-0.39, 0.29) is 12.8 Å². The molecule has 0 heterocycles. The van der Waals surface area contributed by atoms with Gasteiger partial charge in [0.05, 0.1) is 5.56 Å². The van der Waals surface area contributed by atoms with Crippen molar-refractivity contribution < 1.29 is 31.9 Å². The summed E-state index contributed by atoms with van der Waals surface area (Å²) in [7, 11) is 0. The molecule has 25 heavy (non-hydrogen) atoms. The normalized spacial score (nSPS) is 13.3. The van der Waals surface area contributed by atoms with Crippen molar-refractivity contribution in [2.75, 3.05) is 0 Å². The van der Waals surface area contributed by atoms with Gasteiger partial charge in [0.1, 0.15) is 11.4 Å². The zero-order chi connectivity index (χ0) is 19.4. The highest BCUT2D eigenvalue weighted by Gasteiger charge is 2.35. The number of carbonyl (C=O) groups excluding carboxylic acids is 2. The van der Waals surface area contributed by atoms with Crippen LogP contribution >= 0.6 is 0 Å². The van der Waals surface area contributed by atoms with Gasteiger partial charge in [0, 0.05) is 18.0 Å². The van der Waals surface area contributed by atoms with E-state index in [1.165, 1.54) is 0 Å². The third-order valence-corrected chi connectivity index (χ3v) is 3.15. The van der Waals surface area contributed by atoms with Gasteiger partial charge in [-0.15, -0.1) is 0 Å². The largest absolute Gasteiger partial charge is 0.444 e. The Labute approximate surface area is 143 Å². The predicted molar refractivity (Wildman–Crippen MR) is 83.8 cm³/mol. The van der Waals surface area contributed by atoms with Crippen LogP contribution in [0.5, 0.6) is 0 Å². The van der Waals surface area contributed by atoms with Crippen molar-refractivity contribution in [2.45, 2.75) is 58.4 Å². The number of alkyl carbamates (subject to hydrolysis) is 1. The summed E-state index contributed by atoms with van der Waals surface area (Å²) in [4.78, 5) is 23.7. The summed E-state index contributed by atoms with van der Waals surface area (Å²) in [6, 6.07) is 1.46. The molecule has 1 atom stereocenters. The second-order valence-electron chi connectivity index (χ2n) is 6.70. The number of ether oxygens (including phenoxy) is 1. The second-order valence-corrected chi connectivity index (χ2v) is 6.70. The van der Waals surface area contributed by atoms with Crippen LogP contribution in [0.3, 0.4) is 0 Å². The number of halogens is 4. The van der Waals surface area contributed by atoms with Crippen LogP contribution in [0, 0.1) is 5.82 Å². The van der Waals surface area contributed by atoms with Crippen molar-refractivity contribution >= 4 is 11.9 Å². The lowest BCUT2D eigenvalue weighted by Gasteiger charge is -2.22. The first-order chi connectivity index (χ1) is 11.3. The van der Waals surface area contributed by atoms with E-state index in [2.05, 4.69) is 5.32 Å². The fourth-order valence-electron chi connectivity index (χ4n) is 2.06. The number of carbonyl (C=O) groups is 2. The number of benzene rings is 1. The fraction of sp³-hybridized carbons (Fsp3) is 0.529. The molecule has 0 aliphatic carbocycles. The minimum atomic E-state index is -4.83. The molecule has 0 unspecified atom stereocenters. The molecular weight excluding hydrogens is 342 g/mol. The quantitative estimate of drug-likeness (QED) is 0.608. The number of ketones is 1. The minimum absolute atomic E-state index is 0.118. The van der Waals surface area contributed by atoms with Crippen LogP contribution in [0.1, 0.15) is 56.5 Å². The highest BCUT2D eigenvalue weighted by Crippen LogP contribution is 2.33. The second kappa shape index (κ2) is 7.84. The van der Waals surface area contributed by atoms with Gasteiger partial charge < -0.3 is 10.1 Å². The topological polar surface area (TPSA) is 55.4 Å². The Bertz CT molecular complexity index is 636. The van der Waals surface area contributed by atoms with Crippen molar-refractivity contribution in [1.82, 2.24) is 5.32 Å². The molecule has 1 N–H and O–H groups in total. The first-order valence-corrected chi connectivity index (χ1v) is 7.69. The maximum absolute atomic E-state index is 13.1. The molecule has 1 amide bonds. The van der Waals surface area contributed by atoms with Gasteiger partial charge in [-0.05, 0) is 52.3 Å². The maximum atomic E-state index is 13.1. The van der Waals surface area contributed by atoms with Gasteiger partial charge in [0.15, 0.2) is 5.78 Å². The van der Waals surface area contributed by atoms with E-state index in [0.717, 1.165) is 12.1 Å². The van der Waals surface area contributed by atoms with Gasteiger partial charge in [-0.25, -0.2) is 9.18 Å². The number of rotatable bonds is 5. The van der Waals surface area contributed by atoms with Gasteiger partial charge in [-0.1, -0.05) is 0 Å². The van der Waals surface area contributed by atoms with Crippen molar-refractivity contribution in [3.63, 3.8) is 0 Å². The average Bonchev–Trinajstić information content (AvgIpc) is 2.41. The third kappa shape index (κ3) is 7.11. The van der Waals surface area contributed by atoms with E-state index in [9.17, 15) is 27.2 Å². The molecule has 0 bridgehead atoms. The van der Waals surface area contributed by atoms with Crippen molar-refractivity contribution in [2.24, 2.45) is 0 Å². The molecular formula is C17H21F4NO3. The predicted octanol–water partition coefficient (Wildman–Crippen LogP) is 4.72. The third-order valence-electron chi connectivity index (χ3n) is 3.15. The van der Waals surface area contributed by atoms with Crippen LogP contribution in [0.25, 0.3) is 0 Å². The molecule has 1 rings (SSSR count). The Morgan fingerprint density at radius 3 is 2.32 bits per heavy atom. The lowest BCUT2D eigenvalue weighted by Crippen LogP contribution is -2.37. The van der Waals surface area contributed by atoms with E-state index in [1.54, 1.807) is 27.7 Å². The smallest absolute Gasteiger partial charge is 0.417 e. The molecule has 1 aromatic rings. The van der Waals surface area contributed by atoms with E-state index >= 15 is 0 Å². The van der Waals surface area contributed by atoms with Crippen molar-refractivity contribution in [3.8, 4) is 0 Å². The van der Waals surface area contributed by atoms with Crippen LogP contribution in [0.2, 0.25) is 0 Å². The first kappa shape index (κ1) is 20.9. The molecule has 1 aromatic carbocycles. The lowest BCUT2D eigenvalue weighted by atomic mass is 9.98. The molecule has 0 aliphatic rings. The first-order valence-electron chi connectivity index (χ1n) is 7.69. The maximum Gasteiger partial charge on any atom is 0.417 e. The number of amides is 1. The monoisotopic (exact) mass is 363 g/mol. The molecule has 0 spiro atoms. The van der Waals surface area contributed by atoms with Crippen LogP contribution in [0.15, 0.2) is 18.2 Å². The van der Waals surface area contributed by atoms with Gasteiger partial charge in [-0.2, -0.15) is 13.2 Å². The Balaban J connectivity index is 2.70. The highest BCUT2D eigenvalue weighted by molar-refractivity contribution is 5.97. The summed E-state index contributed by atoms with van der Waals surface area (Å²) in [5, 5.41) is 2.50. The Morgan fingerprint density at radius 1 is 1.20 bits per heavy atom. The van der Waals surface area contributed by atoms with Gasteiger partial charge >= 0.3 is 12.3 Å². The van der Waals surface area contributed by atoms with E-state index < -0.39 is 46.6 Å². The minimum Gasteiger partial charge on any atom is -0.444 e. The van der Waals surface area contributed by atoms with E-state index in [0.29, 0.717) is 6.07 Å². The Morgan fingerprint density at radius 2 is 1.80 bits per heavy atom. The van der Waals surface area contributed by atoms with Crippen molar-refractivity contribution in [1.29, 1.82) is 0 Å². The lowest BCUT2D eigenvalue weighted by molar-refractivity contribution is -0.138. The van der Waals surface area contributed by atoms with Crippen LogP contribution in [0.4, 0.5) is 22.4 Å². The molecule has 0 saturated heterocycles. The van der Waals surface area contributed by atoms with E-state index in [4.69, 9.17) is 4.74 Å². The molecule has 0 fully saturated rings. The SMILES string of the molecule is C[C@H](CCC(=O)c1ccc(F)cc1C(F)(F)F)NC(=O)OC(C)(C)C. The number of Topliss-reactive ketones (excluding diaryl/α,β-unsaturated/α-hetero) is 1. The number of hydrogen-bond donors (Lipinski definition) is 1. The fourth-order valence-corrected chi connectivity index (χ4v) is 2.06. The molecule has 0 radical (unpaired) electrons. The summed E-state index contributed by atoms with van der Waals surface area (Å²) in [6.45, 7) is 6.67. The van der Waals surface area contributed by atoms with Gasteiger partial charge in [-0.3, -0.25) is 4.79 Å². The average molecular weight is 363 g/mol. The zero-order valence-electron chi connectivity index (χ0n) is 14.5. The van der Waals surface area contributed by atoms with Crippen LogP contribution in [-0.4, -0.2) is 23.5 Å². The molecule has 0 aromatic heterocycles.